The summed E-state index contributed by atoms with van der Waals surface area (Å²) in [5, 5.41) is 4.67. The van der Waals surface area contributed by atoms with Gasteiger partial charge < -0.3 is 9.42 Å². The molecule has 1 aliphatic carbocycles. The number of amides is 1. The predicted molar refractivity (Wildman–Crippen MR) is 105 cm³/mol. The molecule has 0 spiro atoms. The zero-order chi connectivity index (χ0) is 18.9. The van der Waals surface area contributed by atoms with Crippen molar-refractivity contribution in [3.8, 4) is 0 Å². The van der Waals surface area contributed by atoms with Crippen molar-refractivity contribution in [2.75, 3.05) is 26.2 Å². The van der Waals surface area contributed by atoms with E-state index in [0.29, 0.717) is 0 Å². The Morgan fingerprint density at radius 1 is 1.15 bits per heavy atom. The predicted octanol–water partition coefficient (Wildman–Crippen LogP) is 3.79. The van der Waals surface area contributed by atoms with Crippen molar-refractivity contribution in [1.82, 2.24) is 15.0 Å². The first-order valence-electron chi connectivity index (χ1n) is 9.77. The van der Waals surface area contributed by atoms with Crippen LogP contribution in [-0.4, -0.2) is 47.0 Å². The molecule has 1 aromatic carbocycles. The van der Waals surface area contributed by atoms with Crippen molar-refractivity contribution in [2.45, 2.75) is 44.6 Å². The lowest BCUT2D eigenvalue weighted by atomic mass is 9.77. The molecule has 2 heterocycles. The molecule has 2 fully saturated rings. The van der Waals surface area contributed by atoms with Crippen LogP contribution < -0.4 is 0 Å². The van der Waals surface area contributed by atoms with Crippen molar-refractivity contribution in [3.05, 3.63) is 52.4 Å². The maximum absolute atomic E-state index is 13.5. The number of nitrogens with zero attached hydrogens (tertiary/aromatic N) is 3. The molecule has 1 saturated carbocycles. The number of carbonyl (C=O) groups excluding carboxylic acids is 1. The third kappa shape index (κ3) is 3.76. The monoisotopic (exact) mass is 387 g/mol. The lowest BCUT2D eigenvalue weighted by Crippen LogP contribution is -2.53. The molecule has 1 aliphatic heterocycles. The summed E-state index contributed by atoms with van der Waals surface area (Å²) in [5.74, 6) is 1.18. The van der Waals surface area contributed by atoms with E-state index in [1.807, 2.05) is 37.3 Å². The Morgan fingerprint density at radius 2 is 1.81 bits per heavy atom. The largest absolute Gasteiger partial charge is 0.360 e. The van der Waals surface area contributed by atoms with Crippen molar-refractivity contribution in [3.63, 3.8) is 0 Å². The second kappa shape index (κ2) is 7.64. The second-order valence-corrected chi connectivity index (χ2v) is 8.24. The van der Waals surface area contributed by atoms with Crippen LogP contribution in [0, 0.1) is 6.92 Å². The number of aryl methyl sites for hydroxylation is 1. The van der Waals surface area contributed by atoms with Crippen LogP contribution in [0.25, 0.3) is 0 Å². The van der Waals surface area contributed by atoms with Crippen LogP contribution in [0.1, 0.15) is 42.7 Å². The van der Waals surface area contributed by atoms with Crippen molar-refractivity contribution < 1.29 is 9.32 Å². The lowest BCUT2D eigenvalue weighted by Gasteiger charge is -2.40. The molecule has 0 bridgehead atoms. The molecular formula is C21H26ClN3O2. The van der Waals surface area contributed by atoms with Gasteiger partial charge in [-0.15, -0.1) is 0 Å². The van der Waals surface area contributed by atoms with Gasteiger partial charge in [0.15, 0.2) is 5.76 Å². The average Bonchev–Trinajstić information content (AvgIpc) is 3.32. The Kier molecular flexibility index (Phi) is 5.24. The van der Waals surface area contributed by atoms with Gasteiger partial charge in [-0.2, -0.15) is 0 Å². The van der Waals surface area contributed by atoms with Gasteiger partial charge in [-0.05, 0) is 37.5 Å². The topological polar surface area (TPSA) is 49.6 Å². The Bertz CT molecular complexity index is 788. The molecule has 0 radical (unpaired) electrons. The average molecular weight is 388 g/mol. The van der Waals surface area contributed by atoms with E-state index in [4.69, 9.17) is 16.1 Å². The molecule has 144 valence electrons. The minimum Gasteiger partial charge on any atom is -0.360 e. The van der Waals surface area contributed by atoms with Gasteiger partial charge in [-0.1, -0.05) is 41.7 Å². The minimum atomic E-state index is -0.366. The van der Waals surface area contributed by atoms with Gasteiger partial charge in [0.1, 0.15) is 0 Å². The van der Waals surface area contributed by atoms with Crippen LogP contribution in [0.3, 0.4) is 0 Å². The van der Waals surface area contributed by atoms with E-state index in [1.54, 1.807) is 0 Å². The Balaban J connectivity index is 1.43. The summed E-state index contributed by atoms with van der Waals surface area (Å²) in [6, 6.07) is 9.86. The van der Waals surface area contributed by atoms with Gasteiger partial charge in [-0.25, -0.2) is 0 Å². The summed E-state index contributed by atoms with van der Waals surface area (Å²) >= 11 is 6.06. The Labute approximate surface area is 165 Å². The number of halogens is 1. The van der Waals surface area contributed by atoms with Crippen molar-refractivity contribution in [2.24, 2.45) is 0 Å². The number of carbonyl (C=O) groups is 1. The summed E-state index contributed by atoms with van der Waals surface area (Å²) < 4.78 is 5.32. The highest BCUT2D eigenvalue weighted by Crippen LogP contribution is 2.43. The van der Waals surface area contributed by atoms with Crippen LogP contribution >= 0.6 is 11.6 Å². The third-order valence-corrected chi connectivity index (χ3v) is 6.23. The highest BCUT2D eigenvalue weighted by Gasteiger charge is 2.45. The number of piperazine rings is 1. The Morgan fingerprint density at radius 3 is 2.41 bits per heavy atom. The third-order valence-electron chi connectivity index (χ3n) is 5.98. The lowest BCUT2D eigenvalue weighted by molar-refractivity contribution is -0.139. The van der Waals surface area contributed by atoms with Crippen LogP contribution in [-0.2, 0) is 16.8 Å². The number of benzene rings is 1. The normalized spacial score (nSPS) is 20.1. The molecule has 1 saturated heterocycles. The van der Waals surface area contributed by atoms with Crippen molar-refractivity contribution >= 4 is 17.5 Å². The number of hydrogen-bond acceptors (Lipinski definition) is 4. The fourth-order valence-corrected chi connectivity index (χ4v) is 4.62. The zero-order valence-electron chi connectivity index (χ0n) is 15.8. The van der Waals surface area contributed by atoms with Gasteiger partial charge in [-0.3, -0.25) is 9.69 Å². The molecular weight excluding hydrogens is 362 g/mol. The summed E-state index contributed by atoms with van der Waals surface area (Å²) in [6.45, 7) is 5.94. The van der Waals surface area contributed by atoms with Crippen molar-refractivity contribution in [1.29, 1.82) is 0 Å². The maximum atomic E-state index is 13.5. The van der Waals surface area contributed by atoms with Gasteiger partial charge in [0.25, 0.3) is 0 Å². The summed E-state index contributed by atoms with van der Waals surface area (Å²) in [7, 11) is 0. The molecule has 5 nitrogen and oxygen atoms in total. The Hall–Kier alpha value is -1.85. The molecule has 0 N–H and O–H groups in total. The molecule has 4 rings (SSSR count). The first-order valence-corrected chi connectivity index (χ1v) is 10.1. The quantitative estimate of drug-likeness (QED) is 0.800. The summed E-state index contributed by atoms with van der Waals surface area (Å²) in [6.07, 6.45) is 4.09. The fourth-order valence-electron chi connectivity index (χ4n) is 4.50. The summed E-state index contributed by atoms with van der Waals surface area (Å²) in [4.78, 5) is 17.9. The molecule has 6 heteroatoms. The van der Waals surface area contributed by atoms with E-state index in [9.17, 15) is 4.79 Å². The molecule has 2 aliphatic rings. The fraction of sp³-hybridized carbons (Fsp3) is 0.524. The van der Waals surface area contributed by atoms with Crippen LogP contribution in [0.5, 0.6) is 0 Å². The first kappa shape index (κ1) is 18.5. The number of aromatic nitrogens is 1. The van der Waals surface area contributed by atoms with E-state index in [2.05, 4.69) is 15.0 Å². The van der Waals surface area contributed by atoms with E-state index in [1.165, 1.54) is 0 Å². The SMILES string of the molecule is Cc1cc(CN2CCN(C(=O)C3(c4ccc(Cl)cc4)CCCC3)CC2)on1. The van der Waals surface area contributed by atoms with Crippen LogP contribution in [0.4, 0.5) is 0 Å². The minimum absolute atomic E-state index is 0.289. The van der Waals surface area contributed by atoms with E-state index in [0.717, 1.165) is 80.4 Å². The van der Waals surface area contributed by atoms with Crippen LogP contribution in [0.2, 0.25) is 5.02 Å². The van der Waals surface area contributed by atoms with Crippen LogP contribution in [0.15, 0.2) is 34.9 Å². The molecule has 27 heavy (non-hydrogen) atoms. The molecule has 1 aromatic heterocycles. The van der Waals surface area contributed by atoms with Gasteiger partial charge in [0.2, 0.25) is 5.91 Å². The zero-order valence-corrected chi connectivity index (χ0v) is 16.5. The number of rotatable bonds is 4. The van der Waals surface area contributed by atoms with Gasteiger partial charge in [0.05, 0.1) is 17.7 Å². The maximum Gasteiger partial charge on any atom is 0.233 e. The first-order chi connectivity index (χ1) is 13.1. The highest BCUT2D eigenvalue weighted by atomic mass is 35.5. The van der Waals surface area contributed by atoms with E-state index < -0.39 is 0 Å². The van der Waals surface area contributed by atoms with E-state index >= 15 is 0 Å². The van der Waals surface area contributed by atoms with Gasteiger partial charge in [0, 0.05) is 37.3 Å². The smallest absolute Gasteiger partial charge is 0.233 e. The molecule has 0 unspecified atom stereocenters. The summed E-state index contributed by atoms with van der Waals surface area (Å²) in [5.41, 5.74) is 1.66. The standard InChI is InChI=1S/C21H26ClN3O2/c1-16-14-19(27-23-16)15-24-10-12-25(13-11-24)20(26)21(8-2-3-9-21)17-4-6-18(22)7-5-17/h4-7,14H,2-3,8-13,15H2,1H3. The number of hydrogen-bond donors (Lipinski definition) is 0. The highest BCUT2D eigenvalue weighted by molar-refractivity contribution is 6.30. The van der Waals surface area contributed by atoms with Gasteiger partial charge >= 0.3 is 0 Å². The molecule has 0 atom stereocenters. The second-order valence-electron chi connectivity index (χ2n) is 7.80. The molecule has 1 amide bonds. The molecule has 2 aromatic rings. The van der Waals surface area contributed by atoms with E-state index in [-0.39, 0.29) is 11.3 Å².